The third kappa shape index (κ3) is 3.94. The third-order valence-electron chi connectivity index (χ3n) is 3.10. The first kappa shape index (κ1) is 14.3. The van der Waals surface area contributed by atoms with E-state index in [1.165, 1.54) is 4.88 Å². The number of aryl methyl sites for hydroxylation is 1. The van der Waals surface area contributed by atoms with Crippen LogP contribution in [0.1, 0.15) is 16.2 Å². The minimum atomic E-state index is -2.95. The van der Waals surface area contributed by atoms with Gasteiger partial charge >= 0.3 is 6.03 Å². The summed E-state index contributed by atoms with van der Waals surface area (Å²) in [4.78, 5) is 15.9. The van der Waals surface area contributed by atoms with E-state index in [1.54, 1.807) is 23.3 Å². The fraction of sp³-hybridized carbons (Fsp3) is 0.583. The van der Waals surface area contributed by atoms with Crippen molar-refractivity contribution in [3.05, 3.63) is 21.9 Å². The minimum Gasteiger partial charge on any atom is -0.334 e. The van der Waals surface area contributed by atoms with Crippen molar-refractivity contribution in [3.63, 3.8) is 0 Å². The van der Waals surface area contributed by atoms with Crippen LogP contribution in [0.25, 0.3) is 0 Å². The van der Waals surface area contributed by atoms with Gasteiger partial charge in [0.1, 0.15) is 0 Å². The Bertz CT molecular complexity index is 565. The molecule has 0 saturated carbocycles. The summed E-state index contributed by atoms with van der Waals surface area (Å²) in [6.45, 7) is 2.57. The van der Waals surface area contributed by atoms with E-state index in [-0.39, 0.29) is 23.6 Å². The van der Waals surface area contributed by atoms with Crippen molar-refractivity contribution in [1.29, 1.82) is 0 Å². The van der Waals surface area contributed by atoms with Gasteiger partial charge in [-0.1, -0.05) is 0 Å². The molecule has 1 N–H and O–H groups in total. The molecular formula is C12H18N2O3S2. The number of thiophene rings is 1. The van der Waals surface area contributed by atoms with Crippen molar-refractivity contribution < 1.29 is 13.2 Å². The summed E-state index contributed by atoms with van der Waals surface area (Å²) in [7, 11) is -1.24. The third-order valence-corrected chi connectivity index (χ3v) is 5.85. The number of hydrogen-bond acceptors (Lipinski definition) is 4. The van der Waals surface area contributed by atoms with Gasteiger partial charge in [0.05, 0.1) is 18.1 Å². The molecule has 0 radical (unpaired) electrons. The number of amides is 2. The van der Waals surface area contributed by atoms with Crippen LogP contribution in [0, 0.1) is 6.92 Å². The van der Waals surface area contributed by atoms with Gasteiger partial charge < -0.3 is 10.2 Å². The van der Waals surface area contributed by atoms with Crippen LogP contribution in [-0.2, 0) is 16.4 Å². The average molecular weight is 302 g/mol. The van der Waals surface area contributed by atoms with E-state index in [0.717, 1.165) is 4.88 Å². The van der Waals surface area contributed by atoms with Crippen molar-refractivity contribution in [2.24, 2.45) is 0 Å². The van der Waals surface area contributed by atoms with Crippen molar-refractivity contribution >= 4 is 27.2 Å². The zero-order valence-corrected chi connectivity index (χ0v) is 12.7. The summed E-state index contributed by atoms with van der Waals surface area (Å²) >= 11 is 1.66. The molecule has 2 heterocycles. The van der Waals surface area contributed by atoms with Gasteiger partial charge in [-0.3, -0.25) is 0 Å². The Morgan fingerprint density at radius 2 is 2.26 bits per heavy atom. The fourth-order valence-corrected chi connectivity index (χ4v) is 4.69. The molecule has 19 heavy (non-hydrogen) atoms. The molecule has 1 atom stereocenters. The molecule has 1 aromatic rings. The molecule has 5 nitrogen and oxygen atoms in total. The lowest BCUT2D eigenvalue weighted by Crippen LogP contribution is -2.43. The Morgan fingerprint density at radius 3 is 2.79 bits per heavy atom. The molecule has 7 heteroatoms. The van der Waals surface area contributed by atoms with Crippen LogP contribution in [0.15, 0.2) is 12.1 Å². The van der Waals surface area contributed by atoms with Crippen molar-refractivity contribution in [2.75, 3.05) is 18.6 Å². The Morgan fingerprint density at radius 1 is 1.53 bits per heavy atom. The number of carbonyl (C=O) groups is 1. The normalized spacial score (nSPS) is 21.3. The lowest BCUT2D eigenvalue weighted by atomic mass is 10.3. The molecule has 1 aromatic heterocycles. The number of urea groups is 1. The molecule has 0 bridgehead atoms. The average Bonchev–Trinajstić information content (AvgIpc) is 2.85. The second kappa shape index (κ2) is 5.50. The largest absolute Gasteiger partial charge is 0.334 e. The second-order valence-electron chi connectivity index (χ2n) is 4.92. The predicted octanol–water partition coefficient (Wildman–Crippen LogP) is 1.39. The van der Waals surface area contributed by atoms with E-state index in [4.69, 9.17) is 0 Å². The lowest BCUT2D eigenvalue weighted by Gasteiger charge is -2.19. The van der Waals surface area contributed by atoms with E-state index in [0.29, 0.717) is 13.0 Å². The first-order valence-electron chi connectivity index (χ1n) is 6.13. The summed E-state index contributed by atoms with van der Waals surface area (Å²) in [5.41, 5.74) is 0. The Balaban J connectivity index is 1.86. The molecule has 2 amide bonds. The molecule has 0 spiro atoms. The van der Waals surface area contributed by atoms with E-state index in [9.17, 15) is 13.2 Å². The van der Waals surface area contributed by atoms with Crippen LogP contribution in [0.3, 0.4) is 0 Å². The SMILES string of the molecule is Cc1ccc(CN(C)C(=O)N[C@H]2CCS(=O)(=O)C2)s1. The van der Waals surface area contributed by atoms with E-state index >= 15 is 0 Å². The van der Waals surface area contributed by atoms with Gasteiger partial charge in [-0.2, -0.15) is 0 Å². The maximum Gasteiger partial charge on any atom is 0.317 e. The van der Waals surface area contributed by atoms with Crippen LogP contribution in [0.5, 0.6) is 0 Å². The zero-order chi connectivity index (χ0) is 14.0. The van der Waals surface area contributed by atoms with Gasteiger partial charge in [-0.05, 0) is 25.5 Å². The highest BCUT2D eigenvalue weighted by atomic mass is 32.2. The van der Waals surface area contributed by atoms with Crippen molar-refractivity contribution in [1.82, 2.24) is 10.2 Å². The Labute approximate surface area is 117 Å². The molecule has 1 saturated heterocycles. The molecule has 1 fully saturated rings. The molecule has 0 aliphatic carbocycles. The maximum absolute atomic E-state index is 11.9. The number of rotatable bonds is 3. The summed E-state index contributed by atoms with van der Waals surface area (Å²) in [6, 6.07) is 3.57. The molecule has 106 valence electrons. The van der Waals surface area contributed by atoms with E-state index in [2.05, 4.69) is 5.32 Å². The van der Waals surface area contributed by atoms with Crippen LogP contribution >= 0.6 is 11.3 Å². The fourth-order valence-electron chi connectivity index (χ4n) is 2.07. The monoisotopic (exact) mass is 302 g/mol. The quantitative estimate of drug-likeness (QED) is 0.917. The molecule has 1 aliphatic rings. The van der Waals surface area contributed by atoms with Crippen LogP contribution in [0.4, 0.5) is 4.79 Å². The minimum absolute atomic E-state index is 0.0602. The lowest BCUT2D eigenvalue weighted by molar-refractivity contribution is 0.204. The highest BCUT2D eigenvalue weighted by Gasteiger charge is 2.29. The summed E-state index contributed by atoms with van der Waals surface area (Å²) in [5, 5.41) is 2.77. The number of hydrogen-bond donors (Lipinski definition) is 1. The van der Waals surface area contributed by atoms with Gasteiger partial charge in [0.2, 0.25) is 0 Å². The molecule has 2 rings (SSSR count). The zero-order valence-electron chi connectivity index (χ0n) is 11.0. The molecular weight excluding hydrogens is 284 g/mol. The van der Waals surface area contributed by atoms with E-state index < -0.39 is 9.84 Å². The summed E-state index contributed by atoms with van der Waals surface area (Å²) in [6.07, 6.45) is 0.514. The molecule has 1 aliphatic heterocycles. The van der Waals surface area contributed by atoms with Crippen molar-refractivity contribution in [2.45, 2.75) is 25.9 Å². The van der Waals surface area contributed by atoms with Gasteiger partial charge in [0.15, 0.2) is 9.84 Å². The number of carbonyl (C=O) groups excluding carboxylic acids is 1. The standard InChI is InChI=1S/C12H18N2O3S2/c1-9-3-4-11(18-9)7-14(2)12(15)13-10-5-6-19(16,17)8-10/h3-4,10H,5-8H2,1-2H3,(H,13,15)/t10-/m0/s1. The summed E-state index contributed by atoms with van der Waals surface area (Å²) in [5.74, 6) is 0.233. The van der Waals surface area contributed by atoms with Gasteiger partial charge in [0, 0.05) is 22.8 Å². The highest BCUT2D eigenvalue weighted by molar-refractivity contribution is 7.91. The smallest absolute Gasteiger partial charge is 0.317 e. The van der Waals surface area contributed by atoms with Crippen LogP contribution < -0.4 is 5.32 Å². The first-order chi connectivity index (χ1) is 8.85. The predicted molar refractivity (Wildman–Crippen MR) is 76.1 cm³/mol. The van der Waals surface area contributed by atoms with Crippen molar-refractivity contribution in [3.8, 4) is 0 Å². The first-order valence-corrected chi connectivity index (χ1v) is 8.77. The molecule has 0 unspecified atom stereocenters. The van der Waals surface area contributed by atoms with E-state index in [1.807, 2.05) is 19.1 Å². The van der Waals surface area contributed by atoms with Crippen LogP contribution in [-0.4, -0.2) is 43.9 Å². The van der Waals surface area contributed by atoms with Gasteiger partial charge in [-0.25, -0.2) is 13.2 Å². The molecule has 0 aromatic carbocycles. The number of sulfone groups is 1. The second-order valence-corrected chi connectivity index (χ2v) is 8.52. The topological polar surface area (TPSA) is 66.5 Å². The van der Waals surface area contributed by atoms with Gasteiger partial charge in [0.25, 0.3) is 0 Å². The summed E-state index contributed by atoms with van der Waals surface area (Å²) < 4.78 is 22.6. The number of nitrogens with zero attached hydrogens (tertiary/aromatic N) is 1. The Kier molecular flexibility index (Phi) is 4.15. The number of nitrogens with one attached hydrogen (secondary N) is 1. The maximum atomic E-state index is 11.9. The highest BCUT2D eigenvalue weighted by Crippen LogP contribution is 2.17. The Hall–Kier alpha value is -1.08. The van der Waals surface area contributed by atoms with Gasteiger partial charge in [-0.15, -0.1) is 11.3 Å². The van der Waals surface area contributed by atoms with Crippen LogP contribution in [0.2, 0.25) is 0 Å².